The quantitative estimate of drug-likeness (QED) is 0.448. The van der Waals surface area contributed by atoms with E-state index in [1.807, 2.05) is 0 Å². The van der Waals surface area contributed by atoms with Crippen molar-refractivity contribution in [1.29, 1.82) is 0 Å². The summed E-state index contributed by atoms with van der Waals surface area (Å²) < 4.78 is 2.51. The van der Waals surface area contributed by atoms with E-state index in [1.54, 1.807) is 0 Å². The van der Waals surface area contributed by atoms with Crippen molar-refractivity contribution in [2.75, 3.05) is 32.7 Å². The van der Waals surface area contributed by atoms with Crippen molar-refractivity contribution < 1.29 is 4.57 Å². The average Bonchev–Trinajstić information content (AvgIpc) is 2.89. The van der Waals surface area contributed by atoms with Crippen molar-refractivity contribution in [2.45, 2.75) is 6.54 Å². The Morgan fingerprint density at radius 2 is 1.06 bits per heavy atom. The van der Waals surface area contributed by atoms with Crippen LogP contribution in [0.3, 0.4) is 0 Å². The summed E-state index contributed by atoms with van der Waals surface area (Å²) in [5.41, 5.74) is 7.53. The molecule has 5 rings (SSSR count). The third-order valence-corrected chi connectivity index (χ3v) is 6.26. The number of piperazine rings is 1. The molecule has 1 N–H and O–H groups in total. The monoisotopic (exact) mass is 420 g/mol. The lowest BCUT2D eigenvalue weighted by Crippen LogP contribution is -2.49. The summed E-state index contributed by atoms with van der Waals surface area (Å²) in [4.78, 5) is 2.57. The number of rotatable bonds is 6. The van der Waals surface area contributed by atoms with Crippen LogP contribution in [0.4, 0.5) is 0 Å². The molecule has 3 nitrogen and oxygen atoms in total. The van der Waals surface area contributed by atoms with Crippen LogP contribution in [0, 0.1) is 0 Å². The maximum absolute atomic E-state index is 3.46. The Bertz CT molecular complexity index is 1070. The summed E-state index contributed by atoms with van der Waals surface area (Å²) in [6.45, 7) is 6.40. The van der Waals surface area contributed by atoms with Gasteiger partial charge >= 0.3 is 0 Å². The second-order valence-corrected chi connectivity index (χ2v) is 8.36. The van der Waals surface area contributed by atoms with Gasteiger partial charge in [0.05, 0.1) is 6.54 Å². The summed E-state index contributed by atoms with van der Waals surface area (Å²) in [6.07, 6.45) is 0. The second-order valence-electron chi connectivity index (χ2n) is 8.36. The molecule has 2 heterocycles. The molecule has 0 saturated carbocycles. The molecule has 1 saturated heterocycles. The van der Waals surface area contributed by atoms with Crippen LogP contribution in [0.25, 0.3) is 33.6 Å². The summed E-state index contributed by atoms with van der Waals surface area (Å²) in [5.74, 6) is 0. The van der Waals surface area contributed by atoms with Crippen LogP contribution >= 0.6 is 0 Å². The van der Waals surface area contributed by atoms with Crippen LogP contribution in [-0.2, 0) is 6.54 Å². The van der Waals surface area contributed by atoms with Crippen LogP contribution in [0.1, 0.15) is 0 Å². The highest BCUT2D eigenvalue weighted by Gasteiger charge is 2.23. The molecule has 3 heteroatoms. The zero-order valence-electron chi connectivity index (χ0n) is 18.5. The molecule has 1 fully saturated rings. The number of aromatic nitrogens is 1. The van der Waals surface area contributed by atoms with Crippen LogP contribution < -0.4 is 9.88 Å². The number of hydrogen-bond acceptors (Lipinski definition) is 2. The summed E-state index contributed by atoms with van der Waals surface area (Å²) in [5, 5.41) is 3.46. The first-order chi connectivity index (χ1) is 15.9. The molecule has 1 aromatic heterocycles. The van der Waals surface area contributed by atoms with E-state index in [4.69, 9.17) is 0 Å². The summed E-state index contributed by atoms with van der Waals surface area (Å²) >= 11 is 0. The molecule has 32 heavy (non-hydrogen) atoms. The van der Waals surface area contributed by atoms with Crippen molar-refractivity contribution >= 4 is 0 Å². The normalized spacial score (nSPS) is 14.4. The zero-order valence-corrected chi connectivity index (χ0v) is 18.5. The molecule has 0 bridgehead atoms. The van der Waals surface area contributed by atoms with Crippen LogP contribution in [0.5, 0.6) is 0 Å². The molecule has 0 amide bonds. The third-order valence-electron chi connectivity index (χ3n) is 6.26. The van der Waals surface area contributed by atoms with Gasteiger partial charge in [0.2, 0.25) is 11.4 Å². The zero-order chi connectivity index (χ0) is 21.6. The largest absolute Gasteiger partial charge is 0.314 e. The molecule has 0 radical (unpaired) electrons. The molecular formula is C29H30N3+. The average molecular weight is 421 g/mol. The van der Waals surface area contributed by atoms with Crippen molar-refractivity contribution in [3.05, 3.63) is 103 Å². The van der Waals surface area contributed by atoms with E-state index in [0.717, 1.165) is 39.3 Å². The fourth-order valence-corrected chi connectivity index (χ4v) is 4.53. The molecule has 0 spiro atoms. The standard InChI is InChI=1S/C29H30N3/c1-4-10-24(11-5-1)27-22-28(25-12-6-2-7-13-25)32(21-20-31-18-16-30-17-19-31)29(23-27)26-14-8-3-9-15-26/h1-15,22-23,30H,16-21H2/q+1. The predicted octanol–water partition coefficient (Wildman–Crippen LogP) is 4.88. The molecule has 0 unspecified atom stereocenters. The first-order valence-electron chi connectivity index (χ1n) is 11.6. The van der Waals surface area contributed by atoms with Gasteiger partial charge in [-0.2, -0.15) is 4.57 Å². The molecule has 160 valence electrons. The van der Waals surface area contributed by atoms with Gasteiger partial charge in [-0.05, 0) is 35.4 Å². The Kier molecular flexibility index (Phi) is 6.38. The highest BCUT2D eigenvalue weighted by molar-refractivity contribution is 5.73. The Morgan fingerprint density at radius 1 is 0.594 bits per heavy atom. The fraction of sp³-hybridized carbons (Fsp3) is 0.207. The maximum Gasteiger partial charge on any atom is 0.213 e. The van der Waals surface area contributed by atoms with Crippen molar-refractivity contribution in [2.24, 2.45) is 0 Å². The van der Waals surface area contributed by atoms with E-state index in [0.29, 0.717) is 0 Å². The van der Waals surface area contributed by atoms with Gasteiger partial charge in [-0.1, -0.05) is 66.7 Å². The van der Waals surface area contributed by atoms with Gasteiger partial charge in [-0.25, -0.2) is 0 Å². The third kappa shape index (κ3) is 4.64. The summed E-state index contributed by atoms with van der Waals surface area (Å²) in [6, 6.07) is 37.0. The van der Waals surface area contributed by atoms with Gasteiger partial charge in [-0.3, -0.25) is 4.90 Å². The molecule has 1 aliphatic heterocycles. The minimum Gasteiger partial charge on any atom is -0.314 e. The van der Waals surface area contributed by atoms with E-state index < -0.39 is 0 Å². The molecule has 0 aliphatic carbocycles. The van der Waals surface area contributed by atoms with Gasteiger partial charge in [0, 0.05) is 49.4 Å². The lowest BCUT2D eigenvalue weighted by atomic mass is 9.99. The highest BCUT2D eigenvalue weighted by atomic mass is 15.2. The minimum absolute atomic E-state index is 0.962. The van der Waals surface area contributed by atoms with Gasteiger partial charge in [0.25, 0.3) is 0 Å². The first-order valence-corrected chi connectivity index (χ1v) is 11.6. The van der Waals surface area contributed by atoms with E-state index in [9.17, 15) is 0 Å². The Balaban J connectivity index is 1.66. The molecule has 0 atom stereocenters. The lowest BCUT2D eigenvalue weighted by Gasteiger charge is -2.26. The second kappa shape index (κ2) is 9.90. The molecule has 4 aromatic rings. The van der Waals surface area contributed by atoms with E-state index in [1.165, 1.54) is 33.6 Å². The van der Waals surface area contributed by atoms with Crippen LogP contribution in [0.2, 0.25) is 0 Å². The van der Waals surface area contributed by atoms with Gasteiger partial charge < -0.3 is 5.32 Å². The van der Waals surface area contributed by atoms with Crippen molar-refractivity contribution in [3.8, 4) is 33.6 Å². The van der Waals surface area contributed by atoms with E-state index >= 15 is 0 Å². The number of hydrogen-bond donors (Lipinski definition) is 1. The minimum atomic E-state index is 0.962. The number of benzene rings is 3. The smallest absolute Gasteiger partial charge is 0.213 e. The van der Waals surface area contributed by atoms with Crippen molar-refractivity contribution in [1.82, 2.24) is 10.2 Å². The van der Waals surface area contributed by atoms with E-state index in [2.05, 4.69) is 118 Å². The fourth-order valence-electron chi connectivity index (χ4n) is 4.53. The first kappa shape index (κ1) is 20.6. The Morgan fingerprint density at radius 3 is 1.56 bits per heavy atom. The molecule has 3 aromatic carbocycles. The Labute approximate surface area is 191 Å². The SMILES string of the molecule is c1ccc(-c2cc(-c3ccccc3)[n+](CCN3CCNCC3)c(-c3ccccc3)c2)cc1. The lowest BCUT2D eigenvalue weighted by molar-refractivity contribution is -0.675. The topological polar surface area (TPSA) is 19.1 Å². The molecule has 1 aliphatic rings. The molecular weight excluding hydrogens is 390 g/mol. The number of nitrogens with one attached hydrogen (secondary N) is 1. The maximum atomic E-state index is 3.46. The predicted molar refractivity (Wildman–Crippen MR) is 132 cm³/mol. The van der Waals surface area contributed by atoms with Crippen LogP contribution in [0.15, 0.2) is 103 Å². The van der Waals surface area contributed by atoms with Gasteiger partial charge in [0.1, 0.15) is 0 Å². The van der Waals surface area contributed by atoms with Crippen LogP contribution in [-0.4, -0.2) is 37.6 Å². The van der Waals surface area contributed by atoms with E-state index in [-0.39, 0.29) is 0 Å². The van der Waals surface area contributed by atoms with Gasteiger partial charge in [0.15, 0.2) is 6.54 Å². The Hall–Kier alpha value is -3.27. The van der Waals surface area contributed by atoms with Gasteiger partial charge in [-0.15, -0.1) is 0 Å². The van der Waals surface area contributed by atoms with Crippen molar-refractivity contribution in [3.63, 3.8) is 0 Å². The number of pyridine rings is 1. The summed E-state index contributed by atoms with van der Waals surface area (Å²) in [7, 11) is 0. The number of nitrogens with zero attached hydrogens (tertiary/aromatic N) is 2. The highest BCUT2D eigenvalue weighted by Crippen LogP contribution is 2.29.